The summed E-state index contributed by atoms with van der Waals surface area (Å²) < 4.78 is 29.0. The van der Waals surface area contributed by atoms with Crippen molar-refractivity contribution in [3.8, 4) is 0 Å². The lowest BCUT2D eigenvalue weighted by molar-refractivity contribution is 0.285. The average Bonchev–Trinajstić information content (AvgIpc) is 3.04. The number of aryl methyl sites for hydroxylation is 1. The second kappa shape index (κ2) is 5.73. The fraction of sp³-hybridized carbons (Fsp3) is 0.769. The standard InChI is InChI=1S/C13H24N4O2S/c1-3-13(7-5-6-8-13)10-15-20(18,19)11-9-17(4-2)16-12(11)14/h9,15H,3-8,10H2,1-2H3,(H2,14,16). The lowest BCUT2D eigenvalue weighted by atomic mass is 9.84. The number of hydrogen-bond acceptors (Lipinski definition) is 4. The third-order valence-electron chi connectivity index (χ3n) is 4.42. The molecule has 0 unspecified atom stereocenters. The molecule has 1 aromatic heterocycles. The molecule has 0 radical (unpaired) electrons. The van der Waals surface area contributed by atoms with Crippen molar-refractivity contribution in [2.24, 2.45) is 5.41 Å². The molecule has 3 N–H and O–H groups in total. The highest BCUT2D eigenvalue weighted by atomic mass is 32.2. The number of anilines is 1. The third-order valence-corrected chi connectivity index (χ3v) is 5.84. The highest BCUT2D eigenvalue weighted by Gasteiger charge is 2.34. The minimum Gasteiger partial charge on any atom is -0.381 e. The SMILES string of the molecule is CCn1cc(S(=O)(=O)NCC2(CC)CCCC2)c(N)n1. The van der Waals surface area contributed by atoms with E-state index in [2.05, 4.69) is 16.7 Å². The molecule has 0 aromatic carbocycles. The number of rotatable bonds is 6. The van der Waals surface area contributed by atoms with E-state index in [-0.39, 0.29) is 16.1 Å². The molecule has 0 spiro atoms. The first kappa shape index (κ1) is 15.3. The van der Waals surface area contributed by atoms with Crippen LogP contribution in [0.5, 0.6) is 0 Å². The van der Waals surface area contributed by atoms with Gasteiger partial charge in [0.2, 0.25) is 10.0 Å². The normalized spacial score (nSPS) is 18.5. The largest absolute Gasteiger partial charge is 0.381 e. The maximum Gasteiger partial charge on any atom is 0.245 e. The maximum atomic E-state index is 12.4. The molecule has 7 heteroatoms. The van der Waals surface area contributed by atoms with Crippen LogP contribution in [0.3, 0.4) is 0 Å². The van der Waals surface area contributed by atoms with Crippen molar-refractivity contribution in [2.45, 2.75) is 57.4 Å². The summed E-state index contributed by atoms with van der Waals surface area (Å²) in [5.41, 5.74) is 5.81. The first-order chi connectivity index (χ1) is 9.42. The van der Waals surface area contributed by atoms with Crippen LogP contribution in [0, 0.1) is 5.41 Å². The average molecular weight is 300 g/mol. The van der Waals surface area contributed by atoms with Crippen LogP contribution in [-0.2, 0) is 16.6 Å². The molecular weight excluding hydrogens is 276 g/mol. The predicted octanol–water partition coefficient (Wildman–Crippen LogP) is 1.73. The first-order valence-corrected chi connectivity index (χ1v) is 8.73. The van der Waals surface area contributed by atoms with Crippen LogP contribution in [0.1, 0.15) is 46.0 Å². The van der Waals surface area contributed by atoms with Crippen molar-refractivity contribution in [1.29, 1.82) is 0 Å². The van der Waals surface area contributed by atoms with Gasteiger partial charge in [0.25, 0.3) is 0 Å². The minimum absolute atomic E-state index is 0.0660. The van der Waals surface area contributed by atoms with Crippen molar-refractivity contribution in [1.82, 2.24) is 14.5 Å². The molecule has 0 atom stereocenters. The van der Waals surface area contributed by atoms with Crippen molar-refractivity contribution in [3.63, 3.8) is 0 Å². The first-order valence-electron chi connectivity index (χ1n) is 7.25. The Morgan fingerprint density at radius 2 is 2.05 bits per heavy atom. The van der Waals surface area contributed by atoms with Crippen LogP contribution in [-0.4, -0.2) is 24.7 Å². The van der Waals surface area contributed by atoms with Crippen LogP contribution in [0.2, 0.25) is 0 Å². The molecule has 1 aromatic rings. The van der Waals surface area contributed by atoms with E-state index in [0.29, 0.717) is 13.1 Å². The fourth-order valence-corrected chi connectivity index (χ4v) is 4.12. The lowest BCUT2D eigenvalue weighted by Gasteiger charge is -2.27. The van der Waals surface area contributed by atoms with Crippen molar-refractivity contribution in [3.05, 3.63) is 6.20 Å². The van der Waals surface area contributed by atoms with Crippen molar-refractivity contribution < 1.29 is 8.42 Å². The zero-order chi connectivity index (χ0) is 14.8. The van der Waals surface area contributed by atoms with E-state index in [1.807, 2.05) is 6.92 Å². The summed E-state index contributed by atoms with van der Waals surface area (Å²) >= 11 is 0. The van der Waals surface area contributed by atoms with Crippen molar-refractivity contribution in [2.75, 3.05) is 12.3 Å². The van der Waals surface area contributed by atoms with Gasteiger partial charge >= 0.3 is 0 Å². The molecule has 114 valence electrons. The van der Waals surface area contributed by atoms with Crippen LogP contribution >= 0.6 is 0 Å². The molecule has 0 aliphatic heterocycles. The number of aromatic nitrogens is 2. The maximum absolute atomic E-state index is 12.4. The predicted molar refractivity (Wildman–Crippen MR) is 78.7 cm³/mol. The Morgan fingerprint density at radius 1 is 1.40 bits per heavy atom. The molecule has 1 fully saturated rings. The second-order valence-electron chi connectivity index (χ2n) is 5.62. The highest BCUT2D eigenvalue weighted by Crippen LogP contribution is 2.40. The molecule has 6 nitrogen and oxygen atoms in total. The lowest BCUT2D eigenvalue weighted by Crippen LogP contribution is -2.35. The van der Waals surface area contributed by atoms with E-state index in [1.54, 1.807) is 0 Å². The smallest absolute Gasteiger partial charge is 0.245 e. The van der Waals surface area contributed by atoms with Gasteiger partial charge in [-0.1, -0.05) is 19.8 Å². The minimum atomic E-state index is -3.57. The summed E-state index contributed by atoms with van der Waals surface area (Å²) in [5.74, 6) is 0.0660. The molecule has 0 saturated heterocycles. The Hall–Kier alpha value is -1.08. The van der Waals surface area contributed by atoms with Gasteiger partial charge in [-0.3, -0.25) is 4.68 Å². The van der Waals surface area contributed by atoms with Gasteiger partial charge < -0.3 is 5.73 Å². The highest BCUT2D eigenvalue weighted by molar-refractivity contribution is 7.89. The van der Waals surface area contributed by atoms with Crippen LogP contribution in [0.25, 0.3) is 0 Å². The number of nitrogens with two attached hydrogens (primary N) is 1. The Kier molecular flexibility index (Phi) is 4.39. The van der Waals surface area contributed by atoms with Crippen LogP contribution in [0.15, 0.2) is 11.1 Å². The number of nitrogens with one attached hydrogen (secondary N) is 1. The Balaban J connectivity index is 2.12. The molecule has 2 rings (SSSR count). The topological polar surface area (TPSA) is 90.0 Å². The van der Waals surface area contributed by atoms with Crippen molar-refractivity contribution >= 4 is 15.8 Å². The summed E-state index contributed by atoms with van der Waals surface area (Å²) in [6.07, 6.45) is 7.05. The molecular formula is C13H24N4O2S. The molecule has 0 amide bonds. The van der Waals surface area contributed by atoms with E-state index >= 15 is 0 Å². The second-order valence-corrected chi connectivity index (χ2v) is 7.35. The Morgan fingerprint density at radius 3 is 2.55 bits per heavy atom. The zero-order valence-electron chi connectivity index (χ0n) is 12.2. The number of nitrogens with zero attached hydrogens (tertiary/aromatic N) is 2. The molecule has 1 aliphatic carbocycles. The molecule has 20 heavy (non-hydrogen) atoms. The van der Waals surface area contributed by atoms with Gasteiger partial charge in [0.15, 0.2) is 5.82 Å². The van der Waals surface area contributed by atoms with E-state index in [4.69, 9.17) is 5.73 Å². The van der Waals surface area contributed by atoms with E-state index < -0.39 is 10.0 Å². The number of nitrogen functional groups attached to an aromatic ring is 1. The molecule has 1 aliphatic rings. The van der Waals surface area contributed by atoms with Gasteiger partial charge in [0.1, 0.15) is 4.90 Å². The summed E-state index contributed by atoms with van der Waals surface area (Å²) in [6, 6.07) is 0. The van der Waals surface area contributed by atoms with E-state index in [0.717, 1.165) is 19.3 Å². The quantitative estimate of drug-likeness (QED) is 0.837. The van der Waals surface area contributed by atoms with Gasteiger partial charge in [0.05, 0.1) is 0 Å². The summed E-state index contributed by atoms with van der Waals surface area (Å²) in [4.78, 5) is 0.0867. The zero-order valence-corrected chi connectivity index (χ0v) is 13.0. The summed E-state index contributed by atoms with van der Waals surface area (Å²) in [7, 11) is -3.57. The summed E-state index contributed by atoms with van der Waals surface area (Å²) in [6.45, 7) is 5.10. The molecule has 0 bridgehead atoms. The Labute approximate surface area is 120 Å². The van der Waals surface area contributed by atoms with E-state index in [1.165, 1.54) is 23.7 Å². The van der Waals surface area contributed by atoms with Gasteiger partial charge in [-0.05, 0) is 31.6 Å². The Bertz CT molecular complexity index is 559. The number of hydrogen-bond donors (Lipinski definition) is 2. The third kappa shape index (κ3) is 2.98. The van der Waals surface area contributed by atoms with Crippen LogP contribution < -0.4 is 10.5 Å². The van der Waals surface area contributed by atoms with Gasteiger partial charge in [-0.25, -0.2) is 13.1 Å². The van der Waals surface area contributed by atoms with E-state index in [9.17, 15) is 8.42 Å². The fourth-order valence-electron chi connectivity index (χ4n) is 2.89. The van der Waals surface area contributed by atoms with Gasteiger partial charge in [0, 0.05) is 19.3 Å². The van der Waals surface area contributed by atoms with Gasteiger partial charge in [-0.15, -0.1) is 0 Å². The van der Waals surface area contributed by atoms with Crippen LogP contribution in [0.4, 0.5) is 5.82 Å². The monoisotopic (exact) mass is 300 g/mol. The molecule has 1 saturated carbocycles. The number of sulfonamides is 1. The molecule has 1 heterocycles. The summed E-state index contributed by atoms with van der Waals surface area (Å²) in [5, 5.41) is 3.99. The van der Waals surface area contributed by atoms with Gasteiger partial charge in [-0.2, -0.15) is 5.10 Å².